The molecule has 0 unspecified atom stereocenters. The number of carboxylic acids is 1. The number of ether oxygens (including phenoxy) is 3. The van der Waals surface area contributed by atoms with Crippen molar-refractivity contribution in [3.05, 3.63) is 36.0 Å². The molecule has 0 saturated carbocycles. The summed E-state index contributed by atoms with van der Waals surface area (Å²) in [4.78, 5) is 35.3. The number of allylic oxidation sites excluding steroid dienone is 2. The molecular formula is C30H46ClNO9. The predicted octanol–water partition coefficient (Wildman–Crippen LogP) is 3.28. The van der Waals surface area contributed by atoms with E-state index in [1.54, 1.807) is 39.0 Å². The van der Waals surface area contributed by atoms with Crippen LogP contribution in [-0.2, 0) is 28.6 Å². The van der Waals surface area contributed by atoms with Gasteiger partial charge in [-0.3, -0.25) is 14.4 Å². The number of nitrogens with one attached hydrogen (secondary N) is 1. The highest BCUT2D eigenvalue weighted by Crippen LogP contribution is 2.33. The topological polar surface area (TPSA) is 152 Å². The van der Waals surface area contributed by atoms with Crippen LogP contribution in [0.1, 0.15) is 67.2 Å². The third kappa shape index (κ3) is 10.8. The fourth-order valence-corrected chi connectivity index (χ4v) is 5.17. The smallest absolute Gasteiger partial charge is 0.308 e. The van der Waals surface area contributed by atoms with Gasteiger partial charge in [0.2, 0.25) is 5.91 Å². The lowest BCUT2D eigenvalue weighted by atomic mass is 9.84. The number of aliphatic hydroxyl groups is 2. The molecule has 2 fully saturated rings. The Labute approximate surface area is 247 Å². The second kappa shape index (κ2) is 15.8. The van der Waals surface area contributed by atoms with Gasteiger partial charge in [-0.05, 0) is 45.6 Å². The fraction of sp³-hybridized carbons (Fsp3) is 0.700. The minimum absolute atomic E-state index is 0.0645. The van der Waals surface area contributed by atoms with E-state index in [2.05, 4.69) is 12.2 Å². The molecule has 2 aliphatic heterocycles. The quantitative estimate of drug-likeness (QED) is 0.115. The van der Waals surface area contributed by atoms with Crippen LogP contribution >= 0.6 is 11.6 Å². The molecule has 0 aliphatic carbocycles. The highest BCUT2D eigenvalue weighted by molar-refractivity contribution is 6.18. The van der Waals surface area contributed by atoms with Gasteiger partial charge in [0.1, 0.15) is 23.9 Å². The Bertz CT molecular complexity index is 996. The van der Waals surface area contributed by atoms with Crippen LogP contribution in [0.3, 0.4) is 0 Å². The van der Waals surface area contributed by atoms with Crippen molar-refractivity contribution in [3.8, 4) is 0 Å². The van der Waals surface area contributed by atoms with Crippen molar-refractivity contribution in [2.75, 3.05) is 5.88 Å². The summed E-state index contributed by atoms with van der Waals surface area (Å²) in [6.07, 6.45) is 5.55. The largest absolute Gasteiger partial charge is 0.481 e. The van der Waals surface area contributed by atoms with Crippen LogP contribution in [0.25, 0.3) is 0 Å². The first-order valence-electron chi connectivity index (χ1n) is 14.2. The van der Waals surface area contributed by atoms with E-state index in [1.165, 1.54) is 6.08 Å². The van der Waals surface area contributed by atoms with Gasteiger partial charge in [-0.1, -0.05) is 44.6 Å². The van der Waals surface area contributed by atoms with Crippen molar-refractivity contribution < 1.29 is 43.9 Å². The lowest BCUT2D eigenvalue weighted by Crippen LogP contribution is -2.58. The van der Waals surface area contributed by atoms with E-state index in [-0.39, 0.29) is 60.7 Å². The van der Waals surface area contributed by atoms with Gasteiger partial charge in [0, 0.05) is 12.5 Å². The first-order valence-corrected chi connectivity index (χ1v) is 14.7. The molecule has 9 atom stereocenters. The molecular weight excluding hydrogens is 554 g/mol. The van der Waals surface area contributed by atoms with Crippen LogP contribution in [0.2, 0.25) is 0 Å². The van der Waals surface area contributed by atoms with Crippen molar-refractivity contribution in [2.24, 2.45) is 11.8 Å². The maximum absolute atomic E-state index is 12.5. The maximum atomic E-state index is 12.5. The number of hydrogen-bond acceptors (Lipinski definition) is 8. The van der Waals surface area contributed by atoms with Gasteiger partial charge < -0.3 is 34.8 Å². The molecule has 232 valence electrons. The Morgan fingerprint density at radius 3 is 2.46 bits per heavy atom. The third-order valence-corrected chi connectivity index (χ3v) is 7.95. The summed E-state index contributed by atoms with van der Waals surface area (Å²) in [5, 5.41) is 33.4. The molecule has 0 aromatic heterocycles. The summed E-state index contributed by atoms with van der Waals surface area (Å²) >= 11 is 5.89. The molecule has 0 aromatic rings. The molecule has 0 aromatic carbocycles. The highest BCUT2D eigenvalue weighted by atomic mass is 35.5. The number of esters is 1. The van der Waals surface area contributed by atoms with Crippen LogP contribution in [-0.4, -0.2) is 87.3 Å². The zero-order valence-electron chi connectivity index (χ0n) is 24.8. The fourth-order valence-electron chi connectivity index (χ4n) is 4.91. The number of hydrogen-bond donors (Lipinski definition) is 4. The molecule has 0 radical (unpaired) electrons. The van der Waals surface area contributed by atoms with Gasteiger partial charge in [-0.2, -0.15) is 0 Å². The van der Waals surface area contributed by atoms with Gasteiger partial charge in [-0.15, -0.1) is 11.6 Å². The summed E-state index contributed by atoms with van der Waals surface area (Å²) in [6, 6.07) is -0.165. The molecule has 10 nitrogen and oxygen atoms in total. The van der Waals surface area contributed by atoms with Crippen LogP contribution < -0.4 is 5.32 Å². The standard InChI is InChI=1S/C30H46ClNO9/c1-17(2)29(37)39-20(5)9-12-26(33)32-23-13-19(4)24(40-21(23)6)10-7-18(3)8-11-25-28(36)30(38,16-31)15-22(41-25)14-27(34)35/h7-9,11-12,17,19-25,28,36,38H,10,13-16H2,1-6H3,(H,32,33)(H,34,35)/b11-8+,12-9-,18-7-/t19-,20-,21+,22+,23+,24-,25+,28+,30+/m0/s1. The summed E-state index contributed by atoms with van der Waals surface area (Å²) in [7, 11) is 0. The van der Waals surface area contributed by atoms with Gasteiger partial charge in [0.25, 0.3) is 0 Å². The first kappa shape index (κ1) is 35.0. The van der Waals surface area contributed by atoms with E-state index in [4.69, 9.17) is 30.9 Å². The molecule has 0 spiro atoms. The normalized spacial score (nSPS) is 33.7. The second-order valence-electron chi connectivity index (χ2n) is 11.6. The first-order chi connectivity index (χ1) is 19.1. The van der Waals surface area contributed by atoms with Crippen LogP contribution in [0.15, 0.2) is 36.0 Å². The van der Waals surface area contributed by atoms with Gasteiger partial charge >= 0.3 is 11.9 Å². The number of halogens is 1. The average molecular weight is 600 g/mol. The predicted molar refractivity (Wildman–Crippen MR) is 154 cm³/mol. The zero-order chi connectivity index (χ0) is 30.9. The number of carbonyl (C=O) groups excluding carboxylic acids is 2. The molecule has 2 rings (SSSR count). The molecule has 2 aliphatic rings. The highest BCUT2D eigenvalue weighted by Gasteiger charge is 2.47. The molecule has 2 heterocycles. The Kier molecular flexibility index (Phi) is 13.5. The van der Waals surface area contributed by atoms with Crippen LogP contribution in [0.5, 0.6) is 0 Å². The van der Waals surface area contributed by atoms with E-state index < -0.39 is 36.0 Å². The molecule has 11 heteroatoms. The summed E-state index contributed by atoms with van der Waals surface area (Å²) < 4.78 is 17.2. The molecule has 41 heavy (non-hydrogen) atoms. The van der Waals surface area contributed by atoms with Gasteiger partial charge in [-0.25, -0.2) is 0 Å². The average Bonchev–Trinajstić information content (AvgIpc) is 2.89. The van der Waals surface area contributed by atoms with E-state index in [0.29, 0.717) is 6.42 Å². The van der Waals surface area contributed by atoms with Crippen molar-refractivity contribution in [1.29, 1.82) is 0 Å². The second-order valence-corrected chi connectivity index (χ2v) is 11.9. The van der Waals surface area contributed by atoms with Gasteiger partial charge in [0.05, 0.1) is 42.6 Å². The SMILES string of the molecule is CC(=C/C[C@@H]1O[C@H](C)[C@H](NC(=O)/C=C\[C@H](C)OC(=O)C(C)C)C[C@@H]1C)/C=C/[C@H]1O[C@H](CC(=O)O)C[C@@](O)(CCl)[C@@H]1O. The number of rotatable bonds is 12. The van der Waals surface area contributed by atoms with Crippen molar-refractivity contribution in [2.45, 2.75) is 115 Å². The molecule has 2 saturated heterocycles. The Morgan fingerprint density at radius 2 is 1.85 bits per heavy atom. The van der Waals surface area contributed by atoms with E-state index in [9.17, 15) is 24.6 Å². The zero-order valence-corrected chi connectivity index (χ0v) is 25.5. The molecule has 1 amide bonds. The summed E-state index contributed by atoms with van der Waals surface area (Å²) in [6.45, 7) is 11.1. The number of carbonyl (C=O) groups is 3. The monoisotopic (exact) mass is 599 g/mol. The lowest BCUT2D eigenvalue weighted by molar-refractivity contribution is -0.197. The minimum Gasteiger partial charge on any atom is -0.481 e. The lowest BCUT2D eigenvalue weighted by Gasteiger charge is -2.43. The molecule has 4 N–H and O–H groups in total. The summed E-state index contributed by atoms with van der Waals surface area (Å²) in [5.74, 6) is -1.97. The Morgan fingerprint density at radius 1 is 1.17 bits per heavy atom. The van der Waals surface area contributed by atoms with Crippen LogP contribution in [0, 0.1) is 11.8 Å². The van der Waals surface area contributed by atoms with Crippen molar-refractivity contribution in [3.63, 3.8) is 0 Å². The van der Waals surface area contributed by atoms with E-state index in [1.807, 2.05) is 19.9 Å². The summed E-state index contributed by atoms with van der Waals surface area (Å²) in [5.41, 5.74) is -0.763. The van der Waals surface area contributed by atoms with E-state index >= 15 is 0 Å². The number of carboxylic acid groups (broad SMARTS) is 1. The van der Waals surface area contributed by atoms with Crippen molar-refractivity contribution >= 4 is 29.4 Å². The maximum Gasteiger partial charge on any atom is 0.308 e. The third-order valence-electron chi connectivity index (χ3n) is 7.48. The van der Waals surface area contributed by atoms with Crippen LogP contribution in [0.4, 0.5) is 0 Å². The number of alkyl halides is 1. The minimum atomic E-state index is -1.64. The number of aliphatic hydroxyl groups excluding tert-OH is 1. The number of amides is 1. The Balaban J connectivity index is 1.91. The number of aliphatic carboxylic acids is 1. The van der Waals surface area contributed by atoms with Gasteiger partial charge in [0.15, 0.2) is 0 Å². The molecule has 0 bridgehead atoms. The van der Waals surface area contributed by atoms with Crippen molar-refractivity contribution in [1.82, 2.24) is 5.32 Å². The van der Waals surface area contributed by atoms with E-state index in [0.717, 1.165) is 12.0 Å². The Hall–Kier alpha value is -2.24.